The Morgan fingerprint density at radius 3 is 1.92 bits per heavy atom. The van der Waals surface area contributed by atoms with Crippen LogP contribution in [0.4, 0.5) is 0 Å². The standard InChI is InChI=1S/C13H13.C9H13.C2H5.Hf/c1-9-5-6-12-7-10-3-2-4-11(10)8-13(9)12;1-6-5-7(2)9(4)8(6)3;1-2;/h5-8H,2-4H2,1H3;5H,1-4H3;1H2,2H3;/q3*-1;. The summed E-state index contributed by atoms with van der Waals surface area (Å²) in [6.07, 6.45) is 3.92. The Morgan fingerprint density at radius 1 is 0.920 bits per heavy atom. The van der Waals surface area contributed by atoms with Crippen LogP contribution in [0.25, 0.3) is 10.8 Å². The second kappa shape index (κ2) is 9.67. The first-order valence-electron chi connectivity index (χ1n) is 9.06. The topological polar surface area (TPSA) is 0 Å². The Labute approximate surface area is 173 Å². The third kappa shape index (κ3) is 4.82. The van der Waals surface area contributed by atoms with E-state index >= 15 is 0 Å². The maximum atomic E-state index is 3.25. The molecule has 0 heterocycles. The monoisotopic (exact) mass is 499 g/mol. The second-order valence-electron chi connectivity index (χ2n) is 6.84. The first-order chi connectivity index (χ1) is 11.5. The molecule has 1 heteroatoms. The quantitative estimate of drug-likeness (QED) is 0.236. The molecule has 1 aliphatic rings. The zero-order chi connectivity index (χ0) is 17.9. The van der Waals surface area contributed by atoms with Crippen molar-refractivity contribution in [1.29, 1.82) is 0 Å². The van der Waals surface area contributed by atoms with Gasteiger partial charge in [0.2, 0.25) is 0 Å². The van der Waals surface area contributed by atoms with Crippen LogP contribution in [0, 0.1) is 41.5 Å². The number of fused-ring (bicyclic) bond motifs is 2. The smallest absolute Gasteiger partial charge is 0 e. The molecule has 0 spiro atoms. The molecular weight excluding hydrogens is 467 g/mol. The van der Waals surface area contributed by atoms with Crippen molar-refractivity contribution < 1.29 is 25.8 Å². The number of benzene rings is 1. The molecule has 0 bridgehead atoms. The minimum Gasteiger partial charge on any atom is -0.346 e. The minimum absolute atomic E-state index is 0. The average Bonchev–Trinajstić information content (AvgIpc) is 3.25. The predicted octanol–water partition coefficient (Wildman–Crippen LogP) is 6.83. The molecule has 0 unspecified atom stereocenters. The van der Waals surface area contributed by atoms with E-state index in [4.69, 9.17) is 0 Å². The second-order valence-corrected chi connectivity index (χ2v) is 6.84. The molecule has 0 fully saturated rings. The van der Waals surface area contributed by atoms with Crippen molar-refractivity contribution in [1.82, 2.24) is 0 Å². The first-order valence-corrected chi connectivity index (χ1v) is 9.06. The van der Waals surface area contributed by atoms with Gasteiger partial charge in [-0.25, -0.2) is 0 Å². The number of hydrogen-bond acceptors (Lipinski definition) is 0. The third-order valence-electron chi connectivity index (χ3n) is 5.38. The van der Waals surface area contributed by atoms with Gasteiger partial charge in [0, 0.05) is 25.8 Å². The van der Waals surface area contributed by atoms with Crippen molar-refractivity contribution in [2.24, 2.45) is 0 Å². The normalized spacial score (nSPS) is 11.8. The average molecular weight is 498 g/mol. The van der Waals surface area contributed by atoms with Gasteiger partial charge in [0.15, 0.2) is 0 Å². The molecule has 25 heavy (non-hydrogen) atoms. The van der Waals surface area contributed by atoms with Crippen LogP contribution in [-0.4, -0.2) is 0 Å². The Balaban J connectivity index is 0.000000232. The zero-order valence-electron chi connectivity index (χ0n) is 16.7. The molecule has 3 aromatic carbocycles. The van der Waals surface area contributed by atoms with Gasteiger partial charge in [-0.2, -0.15) is 47.4 Å². The van der Waals surface area contributed by atoms with Gasteiger partial charge in [0.05, 0.1) is 0 Å². The van der Waals surface area contributed by atoms with E-state index < -0.39 is 0 Å². The van der Waals surface area contributed by atoms with Crippen molar-refractivity contribution >= 4 is 10.8 Å². The molecule has 0 nitrogen and oxygen atoms in total. The van der Waals surface area contributed by atoms with Crippen molar-refractivity contribution in [3.8, 4) is 0 Å². The van der Waals surface area contributed by atoms with E-state index in [0.29, 0.717) is 0 Å². The largest absolute Gasteiger partial charge is 0.346 e. The third-order valence-corrected chi connectivity index (χ3v) is 5.38. The van der Waals surface area contributed by atoms with E-state index in [1.54, 1.807) is 18.1 Å². The summed E-state index contributed by atoms with van der Waals surface area (Å²) in [5, 5.41) is 2.89. The van der Waals surface area contributed by atoms with Gasteiger partial charge in [0.25, 0.3) is 0 Å². The maximum absolute atomic E-state index is 3.25. The Kier molecular flexibility index (Phi) is 8.54. The number of hydrogen-bond donors (Lipinski definition) is 0. The van der Waals surface area contributed by atoms with E-state index in [0.717, 1.165) is 0 Å². The summed E-state index contributed by atoms with van der Waals surface area (Å²) in [5.41, 5.74) is 10.3. The Morgan fingerprint density at radius 2 is 1.44 bits per heavy atom. The summed E-state index contributed by atoms with van der Waals surface area (Å²) < 4.78 is 0. The first kappa shape index (κ1) is 22.1. The van der Waals surface area contributed by atoms with Gasteiger partial charge in [-0.15, -0.1) is 28.5 Å². The fourth-order valence-corrected chi connectivity index (χ4v) is 3.56. The van der Waals surface area contributed by atoms with Crippen LogP contribution in [0.1, 0.15) is 52.3 Å². The van der Waals surface area contributed by atoms with E-state index in [2.05, 4.69) is 71.9 Å². The van der Waals surface area contributed by atoms with Crippen LogP contribution in [0.3, 0.4) is 0 Å². The molecular formula is C24H31Hf-3. The molecule has 0 amide bonds. The molecule has 3 aromatic rings. The molecule has 1 aliphatic carbocycles. The zero-order valence-corrected chi connectivity index (χ0v) is 20.3. The number of aryl methyl sites for hydroxylation is 5. The van der Waals surface area contributed by atoms with Gasteiger partial charge in [0.1, 0.15) is 0 Å². The van der Waals surface area contributed by atoms with Crippen LogP contribution >= 0.6 is 0 Å². The summed E-state index contributed by atoms with van der Waals surface area (Å²) in [5.74, 6) is 0. The molecule has 0 atom stereocenters. The maximum Gasteiger partial charge on any atom is 0 e. The van der Waals surface area contributed by atoms with Gasteiger partial charge < -0.3 is 6.92 Å². The van der Waals surface area contributed by atoms with Gasteiger partial charge in [-0.1, -0.05) is 45.7 Å². The molecule has 0 saturated heterocycles. The Bertz CT molecular complexity index is 792. The van der Waals surface area contributed by atoms with E-state index in [1.807, 2.05) is 0 Å². The summed E-state index contributed by atoms with van der Waals surface area (Å²) in [4.78, 5) is 0. The fourth-order valence-electron chi connectivity index (χ4n) is 3.56. The summed E-state index contributed by atoms with van der Waals surface area (Å²) in [6.45, 7) is 15.9. The summed E-state index contributed by atoms with van der Waals surface area (Å²) in [6, 6.07) is 11.5. The van der Waals surface area contributed by atoms with Gasteiger partial charge in [-0.05, 0) is 19.3 Å². The molecule has 0 saturated carbocycles. The predicted molar refractivity (Wildman–Crippen MR) is 108 cm³/mol. The molecule has 134 valence electrons. The van der Waals surface area contributed by atoms with Crippen LogP contribution < -0.4 is 0 Å². The molecule has 0 aliphatic heterocycles. The van der Waals surface area contributed by atoms with Crippen LogP contribution in [0.5, 0.6) is 0 Å². The molecule has 0 N–H and O–H groups in total. The van der Waals surface area contributed by atoms with E-state index in [1.165, 1.54) is 57.9 Å². The van der Waals surface area contributed by atoms with E-state index in [-0.39, 0.29) is 25.8 Å². The van der Waals surface area contributed by atoms with Gasteiger partial charge in [-0.3, -0.25) is 0 Å². The van der Waals surface area contributed by atoms with Crippen LogP contribution in [-0.2, 0) is 38.7 Å². The van der Waals surface area contributed by atoms with E-state index in [9.17, 15) is 0 Å². The van der Waals surface area contributed by atoms with Crippen LogP contribution in [0.2, 0.25) is 0 Å². The van der Waals surface area contributed by atoms with Crippen LogP contribution in [0.15, 0.2) is 30.3 Å². The molecule has 4 rings (SSSR count). The molecule has 0 aromatic heterocycles. The number of rotatable bonds is 0. The molecule has 0 radical (unpaired) electrons. The summed E-state index contributed by atoms with van der Waals surface area (Å²) in [7, 11) is 0. The van der Waals surface area contributed by atoms with Gasteiger partial charge >= 0.3 is 0 Å². The minimum atomic E-state index is 0. The van der Waals surface area contributed by atoms with Crippen molar-refractivity contribution in [3.63, 3.8) is 0 Å². The van der Waals surface area contributed by atoms with Crippen molar-refractivity contribution in [2.45, 2.75) is 60.8 Å². The Hall–Kier alpha value is -0.950. The fraction of sp³-hybridized carbons (Fsp3) is 0.375. The SMILES string of the molecule is C[c-]1ccc2cc3c(cc21)CCC3.Cc1[cH-]c(C)c(C)c1C.[CH2-]C.[Hf]. The van der Waals surface area contributed by atoms with Crippen molar-refractivity contribution in [2.75, 3.05) is 0 Å². The van der Waals surface area contributed by atoms with Crippen molar-refractivity contribution in [3.05, 3.63) is 76.2 Å². The summed E-state index contributed by atoms with van der Waals surface area (Å²) >= 11 is 0.